The van der Waals surface area contributed by atoms with Crippen molar-refractivity contribution in [3.63, 3.8) is 0 Å². The normalized spacial score (nSPS) is 19.8. The molecule has 1 unspecified atom stereocenters. The molecule has 0 saturated carbocycles. The Balaban J connectivity index is 2.24. The van der Waals surface area contributed by atoms with Gasteiger partial charge in [0.2, 0.25) is 0 Å². The Kier molecular flexibility index (Phi) is 4.74. The van der Waals surface area contributed by atoms with Crippen molar-refractivity contribution in [2.45, 2.75) is 51.2 Å². The summed E-state index contributed by atoms with van der Waals surface area (Å²) in [6.45, 7) is 5.96. The van der Waals surface area contributed by atoms with E-state index in [1.165, 1.54) is 0 Å². The maximum Gasteiger partial charge on any atom is 0.410 e. The third-order valence-electron chi connectivity index (χ3n) is 3.74. The third kappa shape index (κ3) is 3.78. The molecule has 1 aromatic rings. The van der Waals surface area contributed by atoms with Crippen molar-refractivity contribution in [2.24, 2.45) is 0 Å². The van der Waals surface area contributed by atoms with E-state index in [-0.39, 0.29) is 6.04 Å². The highest BCUT2D eigenvalue weighted by molar-refractivity contribution is 5.79. The monoisotopic (exact) mass is 305 g/mol. The van der Waals surface area contributed by atoms with Gasteiger partial charge in [0.05, 0.1) is 6.04 Å². The van der Waals surface area contributed by atoms with Gasteiger partial charge in [-0.2, -0.15) is 0 Å². The van der Waals surface area contributed by atoms with Crippen LogP contribution in [0.4, 0.5) is 4.79 Å². The van der Waals surface area contributed by atoms with E-state index in [2.05, 4.69) is 0 Å². The van der Waals surface area contributed by atoms with Gasteiger partial charge in [0.15, 0.2) is 0 Å². The summed E-state index contributed by atoms with van der Waals surface area (Å²) in [4.78, 5) is 25.7. The van der Waals surface area contributed by atoms with Crippen LogP contribution in [0.3, 0.4) is 0 Å². The molecule has 22 heavy (non-hydrogen) atoms. The molecule has 120 valence electrons. The molecule has 1 aliphatic rings. The molecule has 2 atom stereocenters. The van der Waals surface area contributed by atoms with Gasteiger partial charge in [-0.3, -0.25) is 4.79 Å². The van der Waals surface area contributed by atoms with Crippen LogP contribution >= 0.6 is 0 Å². The van der Waals surface area contributed by atoms with Crippen LogP contribution in [0.15, 0.2) is 30.3 Å². The van der Waals surface area contributed by atoms with E-state index < -0.39 is 23.6 Å². The van der Waals surface area contributed by atoms with Crippen LogP contribution in [0.5, 0.6) is 0 Å². The molecule has 1 saturated heterocycles. The van der Waals surface area contributed by atoms with E-state index in [0.717, 1.165) is 12.0 Å². The Bertz CT molecular complexity index is 535. The SMILES string of the molecule is CC(C)(C)OC(=O)N1CCCC1[C@@H](C(=O)O)c1ccccc1. The van der Waals surface area contributed by atoms with Crippen molar-refractivity contribution >= 4 is 12.1 Å². The lowest BCUT2D eigenvalue weighted by Gasteiger charge is -2.31. The lowest BCUT2D eigenvalue weighted by molar-refractivity contribution is -0.140. The molecule has 0 spiro atoms. The molecule has 5 nitrogen and oxygen atoms in total. The Morgan fingerprint density at radius 2 is 1.91 bits per heavy atom. The Morgan fingerprint density at radius 1 is 1.27 bits per heavy atom. The van der Waals surface area contributed by atoms with Gasteiger partial charge < -0.3 is 14.7 Å². The van der Waals surface area contributed by atoms with Crippen LogP contribution in [0.25, 0.3) is 0 Å². The summed E-state index contributed by atoms with van der Waals surface area (Å²) < 4.78 is 5.41. The molecular weight excluding hydrogens is 282 g/mol. The van der Waals surface area contributed by atoms with Gasteiger partial charge in [0.1, 0.15) is 11.5 Å². The Hall–Kier alpha value is -2.04. The van der Waals surface area contributed by atoms with E-state index >= 15 is 0 Å². The fraction of sp³-hybridized carbons (Fsp3) is 0.529. The zero-order valence-corrected chi connectivity index (χ0v) is 13.3. The molecule has 5 heteroatoms. The summed E-state index contributed by atoms with van der Waals surface area (Å²) in [6.07, 6.45) is 1.03. The van der Waals surface area contributed by atoms with Crippen molar-refractivity contribution < 1.29 is 19.4 Å². The molecule has 1 fully saturated rings. The average molecular weight is 305 g/mol. The first-order valence-electron chi connectivity index (χ1n) is 7.57. The van der Waals surface area contributed by atoms with Gasteiger partial charge in [-0.05, 0) is 39.2 Å². The number of carbonyl (C=O) groups excluding carboxylic acids is 1. The summed E-state index contributed by atoms with van der Waals surface area (Å²) in [5.74, 6) is -1.64. The van der Waals surface area contributed by atoms with Gasteiger partial charge >= 0.3 is 12.1 Å². The molecule has 1 N–H and O–H groups in total. The second-order valence-electron chi connectivity index (χ2n) is 6.61. The second kappa shape index (κ2) is 6.38. The number of hydrogen-bond acceptors (Lipinski definition) is 3. The number of likely N-dealkylation sites (tertiary alicyclic amines) is 1. The van der Waals surface area contributed by atoms with Gasteiger partial charge in [-0.25, -0.2) is 4.79 Å². The number of hydrogen-bond donors (Lipinski definition) is 1. The number of ether oxygens (including phenoxy) is 1. The van der Waals surface area contributed by atoms with Crippen LogP contribution in [-0.2, 0) is 9.53 Å². The minimum Gasteiger partial charge on any atom is -0.481 e. The molecule has 0 radical (unpaired) electrons. The first-order chi connectivity index (χ1) is 10.3. The molecule has 0 aliphatic carbocycles. The van der Waals surface area contributed by atoms with E-state index in [1.807, 2.05) is 39.0 Å². The number of nitrogens with zero attached hydrogens (tertiary/aromatic N) is 1. The van der Waals surface area contributed by atoms with Crippen LogP contribution in [0, 0.1) is 0 Å². The lowest BCUT2D eigenvalue weighted by atomic mass is 9.90. The summed E-state index contributed by atoms with van der Waals surface area (Å²) in [6, 6.07) is 8.71. The van der Waals surface area contributed by atoms with E-state index in [9.17, 15) is 14.7 Å². The van der Waals surface area contributed by atoms with Crippen LogP contribution in [0.1, 0.15) is 45.1 Å². The first kappa shape index (κ1) is 16.3. The molecule has 1 heterocycles. The standard InChI is InChI=1S/C17H23NO4/c1-17(2,3)22-16(21)18-11-7-10-13(18)14(15(19)20)12-8-5-4-6-9-12/h4-6,8-9,13-14H,7,10-11H2,1-3H3,(H,19,20)/t13?,14-/m0/s1. The molecule has 1 aliphatic heterocycles. The summed E-state index contributed by atoms with van der Waals surface area (Å²) >= 11 is 0. The van der Waals surface area contributed by atoms with Gasteiger partial charge in [-0.15, -0.1) is 0 Å². The zero-order valence-electron chi connectivity index (χ0n) is 13.3. The number of rotatable bonds is 3. The molecule has 1 amide bonds. The molecule has 0 bridgehead atoms. The number of carbonyl (C=O) groups is 2. The smallest absolute Gasteiger partial charge is 0.410 e. The minimum atomic E-state index is -0.911. The van der Waals surface area contributed by atoms with Crippen LogP contribution in [0.2, 0.25) is 0 Å². The summed E-state index contributed by atoms with van der Waals surface area (Å²) in [7, 11) is 0. The highest BCUT2D eigenvalue weighted by Gasteiger charge is 2.40. The number of aliphatic carboxylic acids is 1. The maximum absolute atomic E-state index is 12.3. The molecule has 1 aromatic carbocycles. The van der Waals surface area contributed by atoms with Gasteiger partial charge in [0, 0.05) is 6.54 Å². The van der Waals surface area contributed by atoms with Crippen molar-refractivity contribution in [3.8, 4) is 0 Å². The highest BCUT2D eigenvalue weighted by atomic mass is 16.6. The quantitative estimate of drug-likeness (QED) is 0.931. The summed E-state index contributed by atoms with van der Waals surface area (Å²) in [5, 5.41) is 9.64. The minimum absolute atomic E-state index is 0.366. The molecular formula is C17H23NO4. The number of amides is 1. The highest BCUT2D eigenvalue weighted by Crippen LogP contribution is 2.32. The Labute approximate surface area is 130 Å². The fourth-order valence-electron chi connectivity index (χ4n) is 2.88. The van der Waals surface area contributed by atoms with Gasteiger partial charge in [-0.1, -0.05) is 30.3 Å². The zero-order chi connectivity index (χ0) is 16.3. The topological polar surface area (TPSA) is 66.8 Å². The van der Waals surface area contributed by atoms with Crippen LogP contribution in [-0.4, -0.2) is 40.3 Å². The van der Waals surface area contributed by atoms with Crippen molar-refractivity contribution in [3.05, 3.63) is 35.9 Å². The third-order valence-corrected chi connectivity index (χ3v) is 3.74. The van der Waals surface area contributed by atoms with E-state index in [0.29, 0.717) is 13.0 Å². The van der Waals surface area contributed by atoms with Crippen molar-refractivity contribution in [1.29, 1.82) is 0 Å². The van der Waals surface area contributed by atoms with Gasteiger partial charge in [0.25, 0.3) is 0 Å². The van der Waals surface area contributed by atoms with Crippen molar-refractivity contribution in [2.75, 3.05) is 6.54 Å². The second-order valence-corrected chi connectivity index (χ2v) is 6.61. The number of benzene rings is 1. The molecule has 2 rings (SSSR count). The fourth-order valence-corrected chi connectivity index (χ4v) is 2.88. The molecule has 0 aromatic heterocycles. The van der Waals surface area contributed by atoms with E-state index in [4.69, 9.17) is 4.74 Å². The Morgan fingerprint density at radius 3 is 2.45 bits per heavy atom. The van der Waals surface area contributed by atoms with E-state index in [1.54, 1.807) is 17.0 Å². The lowest BCUT2D eigenvalue weighted by Crippen LogP contribution is -2.44. The first-order valence-corrected chi connectivity index (χ1v) is 7.57. The van der Waals surface area contributed by atoms with Crippen LogP contribution < -0.4 is 0 Å². The number of carboxylic acid groups (broad SMARTS) is 1. The number of carboxylic acids is 1. The predicted octanol–water partition coefficient (Wildman–Crippen LogP) is 3.25. The largest absolute Gasteiger partial charge is 0.481 e. The average Bonchev–Trinajstić information content (AvgIpc) is 2.87. The van der Waals surface area contributed by atoms with Crippen molar-refractivity contribution in [1.82, 2.24) is 4.90 Å². The maximum atomic E-state index is 12.3. The predicted molar refractivity (Wildman–Crippen MR) is 82.8 cm³/mol. The summed E-state index contributed by atoms with van der Waals surface area (Å²) in [5.41, 5.74) is 0.130.